The predicted octanol–water partition coefficient (Wildman–Crippen LogP) is 0.955. The normalized spacial score (nSPS) is 10.5. The second-order valence-electron chi connectivity index (χ2n) is 3.83. The van der Waals surface area contributed by atoms with Crippen molar-refractivity contribution in [1.29, 1.82) is 0 Å². The molecular weight excluding hydrogens is 220 g/mol. The third-order valence-electron chi connectivity index (χ3n) is 2.66. The SMILES string of the molecule is Cc1noc(C)c1CNC(=O)c1ccnn1C. The van der Waals surface area contributed by atoms with Gasteiger partial charge in [-0.2, -0.15) is 5.10 Å². The molecule has 0 saturated carbocycles. The Kier molecular flexibility index (Phi) is 2.95. The molecule has 2 heterocycles. The number of hydrogen-bond acceptors (Lipinski definition) is 4. The van der Waals surface area contributed by atoms with E-state index in [-0.39, 0.29) is 5.91 Å². The molecule has 1 N–H and O–H groups in total. The van der Waals surface area contributed by atoms with E-state index < -0.39 is 0 Å². The van der Waals surface area contributed by atoms with E-state index >= 15 is 0 Å². The molecule has 0 aliphatic heterocycles. The van der Waals surface area contributed by atoms with Crippen LogP contribution in [0, 0.1) is 13.8 Å². The van der Waals surface area contributed by atoms with Crippen molar-refractivity contribution >= 4 is 5.91 Å². The largest absolute Gasteiger partial charge is 0.361 e. The molecule has 90 valence electrons. The van der Waals surface area contributed by atoms with Crippen LogP contribution in [0.3, 0.4) is 0 Å². The highest BCUT2D eigenvalue weighted by Gasteiger charge is 2.13. The average molecular weight is 234 g/mol. The van der Waals surface area contributed by atoms with E-state index in [0.717, 1.165) is 17.0 Å². The van der Waals surface area contributed by atoms with Crippen LogP contribution in [0.5, 0.6) is 0 Å². The van der Waals surface area contributed by atoms with Crippen LogP contribution >= 0.6 is 0 Å². The molecule has 6 heteroatoms. The molecule has 0 bridgehead atoms. The summed E-state index contributed by atoms with van der Waals surface area (Å²) >= 11 is 0. The summed E-state index contributed by atoms with van der Waals surface area (Å²) in [5.74, 6) is 0.567. The first-order valence-electron chi connectivity index (χ1n) is 5.27. The summed E-state index contributed by atoms with van der Waals surface area (Å²) in [5.41, 5.74) is 2.24. The fraction of sp³-hybridized carbons (Fsp3) is 0.364. The van der Waals surface area contributed by atoms with E-state index in [9.17, 15) is 4.79 Å². The summed E-state index contributed by atoms with van der Waals surface area (Å²) in [6, 6.07) is 1.67. The number of hydrogen-bond donors (Lipinski definition) is 1. The van der Waals surface area contributed by atoms with E-state index in [4.69, 9.17) is 4.52 Å². The van der Waals surface area contributed by atoms with Crippen molar-refractivity contribution in [1.82, 2.24) is 20.3 Å². The summed E-state index contributed by atoms with van der Waals surface area (Å²) < 4.78 is 6.55. The van der Waals surface area contributed by atoms with Crippen LogP contribution < -0.4 is 5.32 Å². The van der Waals surface area contributed by atoms with Crippen molar-refractivity contribution in [2.75, 3.05) is 0 Å². The van der Waals surface area contributed by atoms with E-state index in [1.54, 1.807) is 19.3 Å². The second kappa shape index (κ2) is 4.40. The maximum absolute atomic E-state index is 11.8. The van der Waals surface area contributed by atoms with Crippen molar-refractivity contribution < 1.29 is 9.32 Å². The maximum Gasteiger partial charge on any atom is 0.269 e. The van der Waals surface area contributed by atoms with Gasteiger partial charge < -0.3 is 9.84 Å². The van der Waals surface area contributed by atoms with E-state index in [1.165, 1.54) is 4.68 Å². The Balaban J connectivity index is 2.05. The minimum absolute atomic E-state index is 0.162. The zero-order valence-electron chi connectivity index (χ0n) is 10.0. The third-order valence-corrected chi connectivity index (χ3v) is 2.66. The molecule has 0 aromatic carbocycles. The third kappa shape index (κ3) is 2.20. The van der Waals surface area contributed by atoms with Gasteiger partial charge in [-0.1, -0.05) is 5.16 Å². The van der Waals surface area contributed by atoms with Gasteiger partial charge in [-0.05, 0) is 19.9 Å². The zero-order chi connectivity index (χ0) is 12.4. The number of carbonyl (C=O) groups is 1. The molecular formula is C11H14N4O2. The van der Waals surface area contributed by atoms with E-state index in [0.29, 0.717) is 12.2 Å². The summed E-state index contributed by atoms with van der Waals surface area (Å²) in [6.45, 7) is 4.08. The van der Waals surface area contributed by atoms with Crippen molar-refractivity contribution in [2.24, 2.45) is 7.05 Å². The molecule has 0 spiro atoms. The van der Waals surface area contributed by atoms with Gasteiger partial charge in [-0.25, -0.2) is 0 Å². The van der Waals surface area contributed by atoms with Gasteiger partial charge in [0.05, 0.1) is 5.69 Å². The minimum atomic E-state index is -0.162. The Labute approximate surface area is 98.6 Å². The fourth-order valence-corrected chi connectivity index (χ4v) is 1.61. The lowest BCUT2D eigenvalue weighted by atomic mass is 10.2. The van der Waals surface area contributed by atoms with Crippen LogP contribution in [0.2, 0.25) is 0 Å². The Morgan fingerprint density at radius 3 is 2.82 bits per heavy atom. The zero-order valence-corrected chi connectivity index (χ0v) is 10.0. The van der Waals surface area contributed by atoms with Crippen LogP contribution in [-0.2, 0) is 13.6 Å². The Morgan fingerprint density at radius 1 is 1.53 bits per heavy atom. The predicted molar refractivity (Wildman–Crippen MR) is 60.4 cm³/mol. The molecule has 0 unspecified atom stereocenters. The first-order chi connectivity index (χ1) is 8.09. The van der Waals surface area contributed by atoms with Gasteiger partial charge in [0.15, 0.2) is 0 Å². The Hall–Kier alpha value is -2.11. The van der Waals surface area contributed by atoms with Crippen LogP contribution in [0.4, 0.5) is 0 Å². The fourth-order valence-electron chi connectivity index (χ4n) is 1.61. The van der Waals surface area contributed by atoms with Gasteiger partial charge in [-0.15, -0.1) is 0 Å². The molecule has 0 fully saturated rings. The number of nitrogens with zero attached hydrogens (tertiary/aromatic N) is 3. The molecule has 2 aromatic heterocycles. The number of nitrogens with one attached hydrogen (secondary N) is 1. The molecule has 0 aliphatic rings. The lowest BCUT2D eigenvalue weighted by Gasteiger charge is -2.04. The first kappa shape index (κ1) is 11.4. The number of aromatic nitrogens is 3. The first-order valence-corrected chi connectivity index (χ1v) is 5.27. The van der Waals surface area contributed by atoms with Gasteiger partial charge >= 0.3 is 0 Å². The van der Waals surface area contributed by atoms with Crippen LogP contribution in [0.25, 0.3) is 0 Å². The van der Waals surface area contributed by atoms with E-state index in [1.807, 2.05) is 13.8 Å². The van der Waals surface area contributed by atoms with E-state index in [2.05, 4.69) is 15.6 Å². The minimum Gasteiger partial charge on any atom is -0.361 e. The summed E-state index contributed by atoms with van der Waals surface area (Å²) in [6.07, 6.45) is 1.59. The average Bonchev–Trinajstić information content (AvgIpc) is 2.84. The molecule has 1 amide bonds. The molecule has 0 radical (unpaired) electrons. The monoisotopic (exact) mass is 234 g/mol. The molecule has 6 nitrogen and oxygen atoms in total. The summed E-state index contributed by atoms with van der Waals surface area (Å²) in [4.78, 5) is 11.8. The summed E-state index contributed by atoms with van der Waals surface area (Å²) in [5, 5.41) is 10.6. The smallest absolute Gasteiger partial charge is 0.269 e. The quantitative estimate of drug-likeness (QED) is 0.858. The number of carbonyl (C=O) groups excluding carboxylic acids is 1. The van der Waals surface area contributed by atoms with Gasteiger partial charge in [-0.3, -0.25) is 9.48 Å². The molecule has 17 heavy (non-hydrogen) atoms. The van der Waals surface area contributed by atoms with Gasteiger partial charge in [0.25, 0.3) is 5.91 Å². The Bertz CT molecular complexity index is 522. The van der Waals surface area contributed by atoms with Crippen molar-refractivity contribution in [3.63, 3.8) is 0 Å². The van der Waals surface area contributed by atoms with Crippen LogP contribution in [0.1, 0.15) is 27.5 Å². The highest BCUT2D eigenvalue weighted by Crippen LogP contribution is 2.11. The molecule has 0 atom stereocenters. The number of rotatable bonds is 3. The van der Waals surface area contributed by atoms with Gasteiger partial charge in [0, 0.05) is 25.4 Å². The Morgan fingerprint density at radius 2 is 2.29 bits per heavy atom. The summed E-state index contributed by atoms with van der Waals surface area (Å²) in [7, 11) is 1.73. The standard InChI is InChI=1S/C11H14N4O2/c1-7-9(8(2)17-14-7)6-12-11(16)10-4-5-13-15(10)3/h4-5H,6H2,1-3H3,(H,12,16). The maximum atomic E-state index is 11.8. The number of amides is 1. The van der Waals surface area contributed by atoms with Crippen molar-refractivity contribution in [2.45, 2.75) is 20.4 Å². The molecule has 0 saturated heterocycles. The second-order valence-corrected chi connectivity index (χ2v) is 3.83. The lowest BCUT2D eigenvalue weighted by molar-refractivity contribution is 0.0941. The lowest BCUT2D eigenvalue weighted by Crippen LogP contribution is -2.25. The van der Waals surface area contributed by atoms with Crippen LogP contribution in [-0.4, -0.2) is 20.8 Å². The van der Waals surface area contributed by atoms with Gasteiger partial charge in [0.1, 0.15) is 11.5 Å². The van der Waals surface area contributed by atoms with Gasteiger partial charge in [0.2, 0.25) is 0 Å². The molecule has 2 rings (SSSR count). The van der Waals surface area contributed by atoms with Crippen molar-refractivity contribution in [3.8, 4) is 0 Å². The molecule has 2 aromatic rings. The highest BCUT2D eigenvalue weighted by molar-refractivity contribution is 5.92. The number of aryl methyl sites for hydroxylation is 3. The molecule has 0 aliphatic carbocycles. The van der Waals surface area contributed by atoms with Crippen LogP contribution in [0.15, 0.2) is 16.8 Å². The topological polar surface area (TPSA) is 73.0 Å². The van der Waals surface area contributed by atoms with Crippen molar-refractivity contribution in [3.05, 3.63) is 35.0 Å². The highest BCUT2D eigenvalue weighted by atomic mass is 16.5.